The lowest BCUT2D eigenvalue weighted by atomic mass is 10.2. The van der Waals surface area contributed by atoms with Crippen LogP contribution in [0.25, 0.3) is 0 Å². The average molecular weight is 253 g/mol. The molecule has 0 fully saturated rings. The molecule has 0 saturated carbocycles. The number of phenolic OH excluding ortho intramolecular Hbond substituents is 1. The monoisotopic (exact) mass is 252 g/mol. The van der Waals surface area contributed by atoms with Crippen LogP contribution in [0.2, 0.25) is 5.02 Å². The largest absolute Gasteiger partial charge is 0.508 e. The van der Waals surface area contributed by atoms with Gasteiger partial charge in [-0.1, -0.05) is 11.6 Å². The van der Waals surface area contributed by atoms with Gasteiger partial charge in [0.1, 0.15) is 11.5 Å². The van der Waals surface area contributed by atoms with Crippen molar-refractivity contribution in [2.24, 2.45) is 0 Å². The third kappa shape index (κ3) is 3.22. The van der Waals surface area contributed by atoms with Crippen molar-refractivity contribution < 1.29 is 9.52 Å². The van der Waals surface area contributed by atoms with Gasteiger partial charge in [-0.3, -0.25) is 0 Å². The van der Waals surface area contributed by atoms with Gasteiger partial charge in [0, 0.05) is 17.1 Å². The predicted octanol–water partition coefficient (Wildman–Crippen LogP) is 2.63. The molecule has 0 atom stereocenters. The molecule has 2 N–H and O–H groups in total. The molecule has 90 valence electrons. The summed E-state index contributed by atoms with van der Waals surface area (Å²) in [5.41, 5.74) is 0.751. The Morgan fingerprint density at radius 3 is 2.94 bits per heavy atom. The van der Waals surface area contributed by atoms with Crippen LogP contribution in [0.5, 0.6) is 5.75 Å². The van der Waals surface area contributed by atoms with E-state index in [0.29, 0.717) is 24.0 Å². The molecule has 17 heavy (non-hydrogen) atoms. The highest BCUT2D eigenvalue weighted by atomic mass is 35.5. The summed E-state index contributed by atoms with van der Waals surface area (Å²) in [6.45, 7) is 2.87. The van der Waals surface area contributed by atoms with Crippen molar-refractivity contribution in [3.05, 3.63) is 46.6 Å². The number of aromatic hydroxyl groups is 1. The number of phenols is 1. The highest BCUT2D eigenvalue weighted by Gasteiger charge is 2.03. The summed E-state index contributed by atoms with van der Waals surface area (Å²) in [6, 6.07) is 4.96. The molecule has 0 bridgehead atoms. The maximum absolute atomic E-state index is 9.60. The van der Waals surface area contributed by atoms with E-state index >= 15 is 0 Å². The van der Waals surface area contributed by atoms with Gasteiger partial charge in [-0.05, 0) is 25.1 Å². The molecule has 0 unspecified atom stereocenters. The molecular formula is C12H13ClN2O2. The molecule has 1 heterocycles. The van der Waals surface area contributed by atoms with Crippen LogP contribution in [0.3, 0.4) is 0 Å². The summed E-state index contributed by atoms with van der Waals surface area (Å²) in [6.07, 6.45) is 1.67. The zero-order valence-corrected chi connectivity index (χ0v) is 10.2. The molecular weight excluding hydrogens is 240 g/mol. The van der Waals surface area contributed by atoms with Crippen molar-refractivity contribution in [2.45, 2.75) is 20.0 Å². The maximum Gasteiger partial charge on any atom is 0.208 e. The Hall–Kier alpha value is -1.52. The summed E-state index contributed by atoms with van der Waals surface area (Å²) in [5, 5.41) is 13.3. The van der Waals surface area contributed by atoms with Gasteiger partial charge in [0.05, 0.1) is 12.7 Å². The molecule has 2 rings (SSSR count). The average Bonchev–Trinajstić information content (AvgIpc) is 2.69. The number of oxazole rings is 1. The number of aryl methyl sites for hydroxylation is 1. The van der Waals surface area contributed by atoms with Gasteiger partial charge < -0.3 is 14.8 Å². The fourth-order valence-corrected chi connectivity index (χ4v) is 1.68. The van der Waals surface area contributed by atoms with Gasteiger partial charge in [-0.2, -0.15) is 0 Å². The Morgan fingerprint density at radius 1 is 1.41 bits per heavy atom. The first kappa shape index (κ1) is 12.0. The third-order valence-electron chi connectivity index (χ3n) is 2.30. The van der Waals surface area contributed by atoms with E-state index in [0.717, 1.165) is 11.3 Å². The topological polar surface area (TPSA) is 58.3 Å². The number of benzene rings is 1. The minimum Gasteiger partial charge on any atom is -0.508 e. The molecule has 2 aromatic rings. The second kappa shape index (κ2) is 5.21. The van der Waals surface area contributed by atoms with Crippen LogP contribution in [-0.4, -0.2) is 10.1 Å². The Labute approximate surface area is 104 Å². The number of hydrogen-bond acceptors (Lipinski definition) is 4. The van der Waals surface area contributed by atoms with Gasteiger partial charge >= 0.3 is 0 Å². The summed E-state index contributed by atoms with van der Waals surface area (Å²) < 4.78 is 5.31. The Kier molecular flexibility index (Phi) is 3.66. The quantitative estimate of drug-likeness (QED) is 0.878. The molecule has 0 amide bonds. The Morgan fingerprint density at radius 2 is 2.24 bits per heavy atom. The normalized spacial score (nSPS) is 10.7. The number of nitrogens with one attached hydrogen (secondary N) is 1. The lowest BCUT2D eigenvalue weighted by Crippen LogP contribution is -2.12. The van der Waals surface area contributed by atoms with Gasteiger partial charge in [0.25, 0.3) is 0 Å². The number of rotatable bonds is 4. The summed E-state index contributed by atoms with van der Waals surface area (Å²) in [5.74, 6) is 1.64. The number of hydrogen-bond donors (Lipinski definition) is 2. The van der Waals surface area contributed by atoms with Crippen LogP contribution in [-0.2, 0) is 13.1 Å². The zero-order valence-electron chi connectivity index (χ0n) is 9.40. The summed E-state index contributed by atoms with van der Waals surface area (Å²) in [4.78, 5) is 4.07. The molecule has 0 aliphatic rings. The molecule has 0 aliphatic heterocycles. The van der Waals surface area contributed by atoms with Crippen LogP contribution in [0.4, 0.5) is 0 Å². The van der Waals surface area contributed by atoms with E-state index in [1.165, 1.54) is 0 Å². The molecule has 1 aromatic heterocycles. The highest BCUT2D eigenvalue weighted by Crippen LogP contribution is 2.21. The fraction of sp³-hybridized carbons (Fsp3) is 0.250. The van der Waals surface area contributed by atoms with Crippen molar-refractivity contribution in [3.63, 3.8) is 0 Å². The summed E-state index contributed by atoms with van der Waals surface area (Å²) in [7, 11) is 0. The predicted molar refractivity (Wildman–Crippen MR) is 64.9 cm³/mol. The van der Waals surface area contributed by atoms with E-state index in [9.17, 15) is 5.11 Å². The maximum atomic E-state index is 9.60. The molecule has 0 radical (unpaired) electrons. The van der Waals surface area contributed by atoms with Crippen LogP contribution < -0.4 is 5.32 Å². The summed E-state index contributed by atoms with van der Waals surface area (Å²) >= 11 is 5.85. The van der Waals surface area contributed by atoms with Gasteiger partial charge in [0.2, 0.25) is 5.89 Å². The Balaban J connectivity index is 1.91. The third-order valence-corrected chi connectivity index (χ3v) is 2.54. The molecule has 0 spiro atoms. The molecule has 1 aromatic carbocycles. The van der Waals surface area contributed by atoms with Crippen LogP contribution in [0.1, 0.15) is 17.2 Å². The molecule has 0 saturated heterocycles. The van der Waals surface area contributed by atoms with Crippen LogP contribution >= 0.6 is 11.6 Å². The zero-order chi connectivity index (χ0) is 12.3. The first-order chi connectivity index (χ1) is 8.15. The molecule has 5 heteroatoms. The van der Waals surface area contributed by atoms with Crippen molar-refractivity contribution in [1.82, 2.24) is 10.3 Å². The first-order valence-electron chi connectivity index (χ1n) is 5.24. The highest BCUT2D eigenvalue weighted by molar-refractivity contribution is 6.30. The molecule has 0 aliphatic carbocycles. The van der Waals surface area contributed by atoms with Gasteiger partial charge in [0.15, 0.2) is 0 Å². The number of aromatic nitrogens is 1. The fourth-order valence-electron chi connectivity index (χ4n) is 1.48. The smallest absolute Gasteiger partial charge is 0.208 e. The van der Waals surface area contributed by atoms with E-state index in [-0.39, 0.29) is 5.75 Å². The first-order valence-corrected chi connectivity index (χ1v) is 5.62. The van der Waals surface area contributed by atoms with Gasteiger partial charge in [-0.15, -0.1) is 0 Å². The van der Waals surface area contributed by atoms with E-state index in [4.69, 9.17) is 16.0 Å². The van der Waals surface area contributed by atoms with Crippen LogP contribution in [0, 0.1) is 6.92 Å². The van der Waals surface area contributed by atoms with Crippen LogP contribution in [0.15, 0.2) is 28.8 Å². The van der Waals surface area contributed by atoms with Crippen molar-refractivity contribution in [2.75, 3.05) is 0 Å². The standard InChI is InChI=1S/C12H13ClN2O2/c1-8-5-15-12(17-8)7-14-6-9-4-10(13)2-3-11(9)16/h2-5,14,16H,6-7H2,1H3. The van der Waals surface area contributed by atoms with E-state index in [1.807, 2.05) is 6.92 Å². The van der Waals surface area contributed by atoms with Crippen molar-refractivity contribution in [3.8, 4) is 5.75 Å². The van der Waals surface area contributed by atoms with E-state index in [1.54, 1.807) is 24.4 Å². The lowest BCUT2D eigenvalue weighted by Gasteiger charge is -2.05. The second-order valence-corrected chi connectivity index (χ2v) is 4.18. The minimum atomic E-state index is 0.227. The molecule has 4 nitrogen and oxygen atoms in total. The number of halogens is 1. The number of nitrogens with zero attached hydrogens (tertiary/aromatic N) is 1. The minimum absolute atomic E-state index is 0.227. The van der Waals surface area contributed by atoms with E-state index < -0.39 is 0 Å². The Bertz CT molecular complexity index is 511. The van der Waals surface area contributed by atoms with Gasteiger partial charge in [-0.25, -0.2) is 4.98 Å². The SMILES string of the molecule is Cc1cnc(CNCc2cc(Cl)ccc2O)o1. The van der Waals surface area contributed by atoms with Crippen molar-refractivity contribution >= 4 is 11.6 Å². The lowest BCUT2D eigenvalue weighted by molar-refractivity contribution is 0.440. The second-order valence-electron chi connectivity index (χ2n) is 3.74. The van der Waals surface area contributed by atoms with Crippen molar-refractivity contribution in [1.29, 1.82) is 0 Å². The van der Waals surface area contributed by atoms with E-state index in [2.05, 4.69) is 10.3 Å².